The summed E-state index contributed by atoms with van der Waals surface area (Å²) in [7, 11) is -4.57. The van der Waals surface area contributed by atoms with E-state index in [2.05, 4.69) is 5.32 Å². The van der Waals surface area contributed by atoms with E-state index in [-0.39, 0.29) is 16.8 Å². The second-order valence-electron chi connectivity index (χ2n) is 4.67. The van der Waals surface area contributed by atoms with E-state index in [4.69, 9.17) is 5.14 Å². The zero-order valence-corrected chi connectivity index (χ0v) is 13.4. The average molecular weight is 336 g/mol. The Labute approximate surface area is 124 Å². The summed E-state index contributed by atoms with van der Waals surface area (Å²) in [4.78, 5) is 12.9. The lowest BCUT2D eigenvalue weighted by molar-refractivity contribution is 0.0938. The fourth-order valence-electron chi connectivity index (χ4n) is 2.05. The monoisotopic (exact) mass is 336 g/mol. The van der Waals surface area contributed by atoms with E-state index in [9.17, 15) is 17.4 Å². The zero-order chi connectivity index (χ0) is 14.9. The van der Waals surface area contributed by atoms with Crippen LogP contribution in [0.5, 0.6) is 0 Å². The van der Waals surface area contributed by atoms with Crippen molar-refractivity contribution in [1.29, 1.82) is 0 Å². The summed E-state index contributed by atoms with van der Waals surface area (Å²) < 4.78 is 33.9. The minimum Gasteiger partial charge on any atom is -0.349 e. The Balaban J connectivity index is 2.08. The van der Waals surface area contributed by atoms with Gasteiger partial charge in [0.15, 0.2) is 0 Å². The van der Waals surface area contributed by atoms with Crippen molar-refractivity contribution < 1.29 is 17.4 Å². The molecule has 0 saturated carbocycles. The number of amides is 1. The summed E-state index contributed by atoms with van der Waals surface area (Å²) in [6, 6.07) is 1.31. The van der Waals surface area contributed by atoms with Gasteiger partial charge in [-0.1, -0.05) is 0 Å². The van der Waals surface area contributed by atoms with Crippen molar-refractivity contribution in [3.8, 4) is 0 Å². The number of rotatable bonds is 3. The maximum absolute atomic E-state index is 12.1. The van der Waals surface area contributed by atoms with Crippen LogP contribution in [0.2, 0.25) is 0 Å². The van der Waals surface area contributed by atoms with Crippen LogP contribution in [0.1, 0.15) is 27.4 Å². The molecule has 1 aliphatic rings. The summed E-state index contributed by atoms with van der Waals surface area (Å²) in [6.45, 7) is 1.62. The highest BCUT2D eigenvalue weighted by molar-refractivity contribution is 7.89. The van der Waals surface area contributed by atoms with Gasteiger partial charge >= 0.3 is 0 Å². The molecule has 0 spiro atoms. The highest BCUT2D eigenvalue weighted by atomic mass is 32.2. The molecule has 3 N–H and O–H groups in total. The number of hydrogen-bond acceptors (Lipinski definition) is 5. The quantitative estimate of drug-likeness (QED) is 0.830. The molecular formula is C11H16N2O4S3. The molecule has 112 valence electrons. The molecule has 0 radical (unpaired) electrons. The van der Waals surface area contributed by atoms with Crippen molar-refractivity contribution in [3.05, 3.63) is 15.8 Å². The molecular weight excluding hydrogens is 320 g/mol. The molecule has 1 aliphatic heterocycles. The molecule has 0 bridgehead atoms. The SMILES string of the molecule is Cc1sc(C(=O)NC2CCS(=O)CC2)cc1S(N)(=O)=O. The van der Waals surface area contributed by atoms with Crippen molar-refractivity contribution in [2.45, 2.75) is 30.7 Å². The standard InChI is InChI=1S/C11H16N2O4S3/c1-7-10(20(12,16)17)6-9(18-7)11(14)13-8-2-4-19(15)5-3-8/h6,8H,2-5H2,1H3,(H,13,14)(H2,12,16,17). The van der Waals surface area contributed by atoms with E-state index >= 15 is 0 Å². The lowest BCUT2D eigenvalue weighted by Crippen LogP contribution is -2.39. The summed E-state index contributed by atoms with van der Waals surface area (Å²) in [6.07, 6.45) is 1.37. The van der Waals surface area contributed by atoms with Gasteiger partial charge < -0.3 is 5.32 Å². The number of nitrogens with two attached hydrogens (primary N) is 1. The molecule has 1 aromatic rings. The average Bonchev–Trinajstić information content (AvgIpc) is 2.74. The van der Waals surface area contributed by atoms with Gasteiger partial charge in [-0.2, -0.15) is 0 Å². The fourth-order valence-corrected chi connectivity index (χ4v) is 5.40. The molecule has 1 saturated heterocycles. The van der Waals surface area contributed by atoms with E-state index in [1.165, 1.54) is 6.07 Å². The number of sulfonamides is 1. The molecule has 9 heteroatoms. The Kier molecular flexibility index (Phi) is 4.62. The molecule has 1 aromatic heterocycles. The molecule has 20 heavy (non-hydrogen) atoms. The summed E-state index contributed by atoms with van der Waals surface area (Å²) in [5, 5.41) is 7.93. The summed E-state index contributed by atoms with van der Waals surface area (Å²) >= 11 is 1.11. The van der Waals surface area contributed by atoms with Gasteiger partial charge in [0.25, 0.3) is 5.91 Å². The van der Waals surface area contributed by atoms with E-state index in [0.29, 0.717) is 34.1 Å². The maximum Gasteiger partial charge on any atom is 0.261 e. The van der Waals surface area contributed by atoms with Crippen LogP contribution in [-0.4, -0.2) is 36.1 Å². The minimum absolute atomic E-state index is 0.000500. The smallest absolute Gasteiger partial charge is 0.261 e. The van der Waals surface area contributed by atoms with Crippen molar-refractivity contribution in [2.75, 3.05) is 11.5 Å². The molecule has 0 unspecified atom stereocenters. The number of primary sulfonamides is 1. The van der Waals surface area contributed by atoms with Crippen LogP contribution in [0.25, 0.3) is 0 Å². The van der Waals surface area contributed by atoms with Crippen LogP contribution in [0.15, 0.2) is 11.0 Å². The molecule has 0 aromatic carbocycles. The Morgan fingerprint density at radius 1 is 1.45 bits per heavy atom. The molecule has 2 heterocycles. The zero-order valence-electron chi connectivity index (χ0n) is 10.9. The molecule has 1 amide bonds. The van der Waals surface area contributed by atoms with Gasteiger partial charge in [-0.05, 0) is 25.8 Å². The van der Waals surface area contributed by atoms with Crippen LogP contribution in [0.3, 0.4) is 0 Å². The topological polar surface area (TPSA) is 106 Å². The maximum atomic E-state index is 12.1. The highest BCUT2D eigenvalue weighted by Gasteiger charge is 2.23. The fraction of sp³-hybridized carbons (Fsp3) is 0.545. The lowest BCUT2D eigenvalue weighted by atomic mass is 10.1. The summed E-state index contributed by atoms with van der Waals surface area (Å²) in [5.41, 5.74) is 0. The van der Waals surface area contributed by atoms with E-state index < -0.39 is 20.8 Å². The first-order chi connectivity index (χ1) is 9.27. The number of nitrogens with one attached hydrogen (secondary N) is 1. The van der Waals surface area contributed by atoms with Gasteiger partial charge in [0.1, 0.15) is 0 Å². The predicted octanol–water partition coefficient (Wildman–Crippen LogP) is 0.345. The number of aryl methyl sites for hydroxylation is 1. The molecule has 0 atom stereocenters. The second kappa shape index (κ2) is 5.92. The van der Waals surface area contributed by atoms with Gasteiger partial charge in [0.2, 0.25) is 10.0 Å². The molecule has 6 nitrogen and oxygen atoms in total. The van der Waals surface area contributed by atoms with Crippen LogP contribution < -0.4 is 10.5 Å². The van der Waals surface area contributed by atoms with Crippen molar-refractivity contribution in [3.63, 3.8) is 0 Å². The van der Waals surface area contributed by atoms with Gasteiger partial charge in [0.05, 0.1) is 9.77 Å². The van der Waals surface area contributed by atoms with Crippen molar-refractivity contribution in [1.82, 2.24) is 5.32 Å². The number of thiophene rings is 1. The Hall–Kier alpha value is -0.770. The van der Waals surface area contributed by atoms with E-state index in [0.717, 1.165) is 11.3 Å². The normalized spacial score (nSPS) is 23.5. The van der Waals surface area contributed by atoms with Crippen LogP contribution >= 0.6 is 11.3 Å². The van der Waals surface area contributed by atoms with Crippen LogP contribution in [0, 0.1) is 6.92 Å². The van der Waals surface area contributed by atoms with Gasteiger partial charge in [0, 0.05) is 33.2 Å². The Bertz CT molecular complexity index is 641. The van der Waals surface area contributed by atoms with Crippen molar-refractivity contribution >= 4 is 38.1 Å². The van der Waals surface area contributed by atoms with Gasteiger partial charge in [-0.15, -0.1) is 11.3 Å². The number of carbonyl (C=O) groups excluding carboxylic acids is 1. The first-order valence-corrected chi connectivity index (χ1v) is 9.91. The van der Waals surface area contributed by atoms with Gasteiger partial charge in [-0.3, -0.25) is 9.00 Å². The molecule has 2 rings (SSSR count). The minimum atomic E-state index is -3.80. The first-order valence-electron chi connectivity index (χ1n) is 6.06. The van der Waals surface area contributed by atoms with E-state index in [1.807, 2.05) is 0 Å². The van der Waals surface area contributed by atoms with Gasteiger partial charge in [-0.25, -0.2) is 13.6 Å². The molecule has 1 fully saturated rings. The predicted molar refractivity (Wildman–Crippen MR) is 78.8 cm³/mol. The summed E-state index contributed by atoms with van der Waals surface area (Å²) in [5.74, 6) is 0.888. The van der Waals surface area contributed by atoms with Crippen molar-refractivity contribution in [2.24, 2.45) is 5.14 Å². The Morgan fingerprint density at radius 3 is 2.55 bits per heavy atom. The second-order valence-corrected chi connectivity index (χ2v) is 9.15. The largest absolute Gasteiger partial charge is 0.349 e. The third kappa shape index (κ3) is 3.66. The lowest BCUT2D eigenvalue weighted by Gasteiger charge is -2.22. The third-order valence-corrected chi connectivity index (χ3v) is 6.72. The number of hydrogen-bond donors (Lipinski definition) is 2. The van der Waals surface area contributed by atoms with E-state index in [1.54, 1.807) is 6.92 Å². The Morgan fingerprint density at radius 2 is 2.05 bits per heavy atom. The number of carbonyl (C=O) groups is 1. The third-order valence-electron chi connectivity index (χ3n) is 3.13. The highest BCUT2D eigenvalue weighted by Crippen LogP contribution is 2.25. The molecule has 0 aliphatic carbocycles. The first kappa shape index (κ1) is 15.6. The van der Waals surface area contributed by atoms with Crippen LogP contribution in [0.4, 0.5) is 0 Å². The van der Waals surface area contributed by atoms with Crippen LogP contribution in [-0.2, 0) is 20.8 Å².